The molecule has 5 heterocycles. The first-order chi connectivity index (χ1) is 25.1. The quantitative estimate of drug-likeness (QED) is 0.163. The number of nitrogens with zero attached hydrogens (tertiary/aromatic N) is 3. The first-order valence-corrected chi connectivity index (χ1v) is 17.9. The second-order valence-electron chi connectivity index (χ2n) is 15.8. The summed E-state index contributed by atoms with van der Waals surface area (Å²) in [7, 11) is 0. The van der Waals surface area contributed by atoms with Crippen LogP contribution in [0.1, 0.15) is 52.7 Å². The Hall–Kier alpha value is -5.35. The molecule has 53 heavy (non-hydrogen) atoms. The van der Waals surface area contributed by atoms with Crippen molar-refractivity contribution >= 4 is 60.0 Å². The van der Waals surface area contributed by atoms with Crippen molar-refractivity contribution < 1.29 is 24.5 Å². The van der Waals surface area contributed by atoms with Crippen LogP contribution >= 0.6 is 0 Å². The van der Waals surface area contributed by atoms with E-state index in [1.807, 2.05) is 54.7 Å². The van der Waals surface area contributed by atoms with Gasteiger partial charge in [0, 0.05) is 64.9 Å². The smallest absolute Gasteiger partial charge is 0.143 e. The third-order valence-corrected chi connectivity index (χ3v) is 10.2. The summed E-state index contributed by atoms with van der Waals surface area (Å²) in [6.45, 7) is 13.5. The third kappa shape index (κ3) is 5.89. The summed E-state index contributed by atoms with van der Waals surface area (Å²) < 4.78 is 9.03. The summed E-state index contributed by atoms with van der Waals surface area (Å²) in [5.74, 6) is 0. The zero-order valence-corrected chi connectivity index (χ0v) is 33.1. The number of fused-ring (bicyclic) bond motifs is 10. The van der Waals surface area contributed by atoms with Crippen molar-refractivity contribution in [2.24, 2.45) is 0 Å². The van der Waals surface area contributed by atoms with Crippen molar-refractivity contribution in [1.29, 1.82) is 0 Å². The molecule has 0 fully saturated rings. The van der Waals surface area contributed by atoms with E-state index in [4.69, 9.17) is 9.40 Å². The zero-order chi connectivity index (χ0) is 35.8. The van der Waals surface area contributed by atoms with E-state index in [1.54, 1.807) is 6.20 Å². The number of hydrogen-bond acceptors (Lipinski definition) is 3. The van der Waals surface area contributed by atoms with E-state index in [2.05, 4.69) is 130 Å². The first-order valence-electron chi connectivity index (χ1n) is 17.9. The van der Waals surface area contributed by atoms with Crippen LogP contribution in [0.25, 0.3) is 82.5 Å². The Labute approximate surface area is 323 Å². The summed E-state index contributed by atoms with van der Waals surface area (Å²) >= 11 is 0. The molecule has 0 aliphatic heterocycles. The van der Waals surface area contributed by atoms with Gasteiger partial charge in [-0.25, -0.2) is 0 Å². The van der Waals surface area contributed by atoms with Crippen molar-refractivity contribution in [3.63, 3.8) is 0 Å². The number of hydrogen-bond donors (Lipinski definition) is 0. The minimum atomic E-state index is 0. The predicted molar refractivity (Wildman–Crippen MR) is 216 cm³/mol. The van der Waals surface area contributed by atoms with Gasteiger partial charge in [-0.2, -0.15) is 0 Å². The summed E-state index contributed by atoms with van der Waals surface area (Å²) in [4.78, 5) is 8.97. The Morgan fingerprint density at radius 1 is 0.566 bits per heavy atom. The largest absolute Gasteiger partial charge is 0.455 e. The molecule has 0 spiro atoms. The molecule has 0 unspecified atom stereocenters. The molecule has 10 aromatic rings. The van der Waals surface area contributed by atoms with Crippen LogP contribution in [0.5, 0.6) is 0 Å². The van der Waals surface area contributed by atoms with Crippen LogP contribution in [0, 0.1) is 12.1 Å². The van der Waals surface area contributed by atoms with Gasteiger partial charge in [0.1, 0.15) is 11.2 Å². The minimum absolute atomic E-state index is 0. The van der Waals surface area contributed by atoms with Gasteiger partial charge in [-0.05, 0) is 75.3 Å². The van der Waals surface area contributed by atoms with Crippen LogP contribution < -0.4 is 0 Å². The fourth-order valence-corrected chi connectivity index (χ4v) is 7.46. The Morgan fingerprint density at radius 2 is 1.32 bits per heavy atom. The fraction of sp³-hybridized carbons (Fsp3) is 0.167. The van der Waals surface area contributed by atoms with Crippen LogP contribution in [0.4, 0.5) is 0 Å². The molecule has 0 N–H and O–H groups in total. The molecule has 5 aromatic heterocycles. The number of aromatic nitrogens is 3. The molecule has 1 radical (unpaired) electrons. The van der Waals surface area contributed by atoms with Gasteiger partial charge in [-0.1, -0.05) is 89.4 Å². The monoisotopic (exact) mass is 866 g/mol. The second kappa shape index (κ2) is 12.9. The summed E-state index contributed by atoms with van der Waals surface area (Å²) in [6, 6.07) is 46.8. The topological polar surface area (TPSA) is 43.3 Å². The maximum atomic E-state index is 6.62. The van der Waals surface area contributed by atoms with Crippen molar-refractivity contribution in [3.05, 3.63) is 151 Å². The van der Waals surface area contributed by atoms with Crippen LogP contribution in [-0.4, -0.2) is 14.4 Å². The van der Waals surface area contributed by atoms with Crippen LogP contribution in [0.2, 0.25) is 0 Å². The van der Waals surface area contributed by atoms with Gasteiger partial charge in [0.2, 0.25) is 0 Å². The molecular formula is C48H39IrN3O-2. The molecule has 0 aliphatic carbocycles. The predicted octanol–water partition coefficient (Wildman–Crippen LogP) is 12.7. The van der Waals surface area contributed by atoms with Gasteiger partial charge in [-0.3, -0.25) is 0 Å². The Morgan fingerprint density at radius 3 is 2.08 bits per heavy atom. The zero-order valence-electron chi connectivity index (χ0n) is 30.7. The van der Waals surface area contributed by atoms with Gasteiger partial charge in [-0.15, -0.1) is 59.7 Å². The van der Waals surface area contributed by atoms with Gasteiger partial charge in [0.05, 0.1) is 5.52 Å². The number of benzene rings is 5. The van der Waals surface area contributed by atoms with E-state index >= 15 is 0 Å². The fourth-order valence-electron chi connectivity index (χ4n) is 7.46. The van der Waals surface area contributed by atoms with Crippen LogP contribution in [0.3, 0.4) is 0 Å². The van der Waals surface area contributed by atoms with E-state index < -0.39 is 0 Å². The van der Waals surface area contributed by atoms with Gasteiger partial charge in [0.15, 0.2) is 0 Å². The van der Waals surface area contributed by atoms with E-state index in [0.717, 1.165) is 55.4 Å². The molecule has 5 aromatic carbocycles. The van der Waals surface area contributed by atoms with Crippen molar-refractivity contribution in [2.45, 2.75) is 52.4 Å². The maximum absolute atomic E-state index is 6.62. The van der Waals surface area contributed by atoms with E-state index in [-0.39, 0.29) is 30.9 Å². The molecule has 0 saturated heterocycles. The standard InChI is InChI=1S/C37H31N2O.C11H8N.Ir/c1-36(2,3)22-12-14-30-25(18-22)26-20-27-24-9-7-8-10-32(24)40-35(27)33-28-17-21(11-13-31(28)39(30)34(26)33)29-19-23(15-16-38-29)37(4,5)6;1-2-6-10(7-3-1)11-8-4-5-9-12-11;/h7-10,12-20H,1-6H3;1-6,8-9H;/q2*-1;. The number of rotatable bonds is 2. The molecule has 0 saturated carbocycles. The molecule has 10 rings (SSSR count). The average Bonchev–Trinajstić information content (AvgIpc) is 3.81. The summed E-state index contributed by atoms with van der Waals surface area (Å²) in [6.07, 6.45) is 3.70. The number of furan rings is 1. The van der Waals surface area contributed by atoms with E-state index in [9.17, 15) is 0 Å². The van der Waals surface area contributed by atoms with Gasteiger partial charge >= 0.3 is 0 Å². The van der Waals surface area contributed by atoms with Gasteiger partial charge in [0.25, 0.3) is 0 Å². The molecule has 5 heteroatoms. The minimum Gasteiger partial charge on any atom is -0.455 e. The molecule has 0 amide bonds. The summed E-state index contributed by atoms with van der Waals surface area (Å²) in [5.41, 5.74) is 12.1. The number of para-hydroxylation sites is 1. The second-order valence-corrected chi connectivity index (χ2v) is 15.8. The molecule has 0 atom stereocenters. The van der Waals surface area contributed by atoms with E-state index in [1.165, 1.54) is 38.3 Å². The molecule has 0 aliphatic rings. The van der Waals surface area contributed by atoms with Crippen molar-refractivity contribution in [2.75, 3.05) is 0 Å². The Kier molecular flexibility index (Phi) is 8.48. The SMILES string of the molecule is CC(C)(C)c1ccnc(-c2[c-]cc3c(c2)c2c4oc5ccccc5c4cc4c5cc(C(C)(C)C)ccc5n3c42)c1.[Ir].[c-]1ccccc1-c1ccccn1. The van der Waals surface area contributed by atoms with Crippen LogP contribution in [0.15, 0.2) is 132 Å². The average molecular weight is 866 g/mol. The Balaban J connectivity index is 0.000000262. The van der Waals surface area contributed by atoms with Gasteiger partial charge < -0.3 is 18.8 Å². The van der Waals surface area contributed by atoms with Crippen molar-refractivity contribution in [3.8, 4) is 22.5 Å². The van der Waals surface area contributed by atoms with Crippen LogP contribution in [-0.2, 0) is 30.9 Å². The third-order valence-electron chi connectivity index (χ3n) is 10.2. The van der Waals surface area contributed by atoms with Crippen molar-refractivity contribution in [1.82, 2.24) is 14.4 Å². The molecule has 263 valence electrons. The first kappa shape index (κ1) is 34.7. The normalized spacial score (nSPS) is 12.2. The summed E-state index contributed by atoms with van der Waals surface area (Å²) in [5, 5.41) is 7.19. The molecular weight excluding hydrogens is 827 g/mol. The maximum Gasteiger partial charge on any atom is 0.143 e. The number of pyridine rings is 2. The molecule has 0 bridgehead atoms. The van der Waals surface area contributed by atoms with E-state index in [0.29, 0.717) is 0 Å². The molecule has 4 nitrogen and oxygen atoms in total. The Bertz CT molecular complexity index is 2870.